The summed E-state index contributed by atoms with van der Waals surface area (Å²) >= 11 is 1.54. The van der Waals surface area contributed by atoms with Gasteiger partial charge in [-0.2, -0.15) is 4.68 Å². The number of rotatable bonds is 7. The molecule has 0 spiro atoms. The predicted molar refractivity (Wildman–Crippen MR) is 77.2 cm³/mol. The van der Waals surface area contributed by atoms with E-state index in [-0.39, 0.29) is 5.75 Å². The smallest absolute Gasteiger partial charge is 0.214 e. The highest BCUT2D eigenvalue weighted by Gasteiger charge is 2.08. The van der Waals surface area contributed by atoms with Crippen LogP contribution in [0.25, 0.3) is 5.69 Å². The van der Waals surface area contributed by atoms with Gasteiger partial charge in [-0.3, -0.25) is 0 Å². The SMILES string of the molecule is CC(C)COCCSc1nnnn1-c1ccc(O)cc1. The quantitative estimate of drug-likeness (QED) is 0.623. The molecule has 0 saturated heterocycles. The number of nitrogens with zero attached hydrogens (tertiary/aromatic N) is 4. The lowest BCUT2D eigenvalue weighted by Crippen LogP contribution is -2.05. The molecule has 6 nitrogen and oxygen atoms in total. The Hall–Kier alpha value is -1.60. The second kappa shape index (κ2) is 7.25. The van der Waals surface area contributed by atoms with Crippen molar-refractivity contribution in [1.82, 2.24) is 20.2 Å². The highest BCUT2D eigenvalue weighted by molar-refractivity contribution is 7.99. The monoisotopic (exact) mass is 294 g/mol. The van der Waals surface area contributed by atoms with Crippen molar-refractivity contribution in [2.45, 2.75) is 19.0 Å². The lowest BCUT2D eigenvalue weighted by molar-refractivity contribution is 0.124. The van der Waals surface area contributed by atoms with E-state index in [1.807, 2.05) is 0 Å². The van der Waals surface area contributed by atoms with Crippen LogP contribution in [0.3, 0.4) is 0 Å². The van der Waals surface area contributed by atoms with E-state index in [0.29, 0.717) is 17.7 Å². The number of ether oxygens (including phenoxy) is 1. The summed E-state index contributed by atoms with van der Waals surface area (Å²) in [5.41, 5.74) is 0.818. The van der Waals surface area contributed by atoms with Crippen LogP contribution >= 0.6 is 11.8 Å². The van der Waals surface area contributed by atoms with Gasteiger partial charge in [0, 0.05) is 12.4 Å². The van der Waals surface area contributed by atoms with Crippen molar-refractivity contribution in [2.75, 3.05) is 19.0 Å². The Morgan fingerprint density at radius 2 is 2.05 bits per heavy atom. The Bertz CT molecular complexity index is 527. The van der Waals surface area contributed by atoms with Crippen LogP contribution in [-0.4, -0.2) is 44.3 Å². The van der Waals surface area contributed by atoms with Gasteiger partial charge in [0.2, 0.25) is 5.16 Å². The first-order chi connectivity index (χ1) is 9.66. The fraction of sp³-hybridized carbons (Fsp3) is 0.462. The Kier molecular flexibility index (Phi) is 5.37. The largest absolute Gasteiger partial charge is 0.508 e. The zero-order valence-electron chi connectivity index (χ0n) is 11.6. The summed E-state index contributed by atoms with van der Waals surface area (Å²) in [6.45, 7) is 5.69. The van der Waals surface area contributed by atoms with Crippen molar-refractivity contribution in [3.05, 3.63) is 24.3 Å². The summed E-state index contributed by atoms with van der Waals surface area (Å²) < 4.78 is 7.17. The third-order valence-corrected chi connectivity index (χ3v) is 3.33. The van der Waals surface area contributed by atoms with Crippen LogP contribution in [0.4, 0.5) is 0 Å². The molecule has 0 amide bonds. The highest BCUT2D eigenvalue weighted by Crippen LogP contribution is 2.19. The fourth-order valence-corrected chi connectivity index (χ4v) is 2.28. The maximum atomic E-state index is 9.29. The molecular weight excluding hydrogens is 276 g/mol. The predicted octanol–water partition coefficient (Wildman–Crippen LogP) is 2.13. The van der Waals surface area contributed by atoms with E-state index >= 15 is 0 Å². The zero-order valence-corrected chi connectivity index (χ0v) is 12.4. The number of hydrogen-bond donors (Lipinski definition) is 1. The number of thioether (sulfide) groups is 1. The Balaban J connectivity index is 1.90. The zero-order chi connectivity index (χ0) is 14.4. The van der Waals surface area contributed by atoms with Crippen LogP contribution in [0.1, 0.15) is 13.8 Å². The molecule has 20 heavy (non-hydrogen) atoms. The van der Waals surface area contributed by atoms with Crippen LogP contribution < -0.4 is 0 Å². The van der Waals surface area contributed by atoms with Gasteiger partial charge in [0.25, 0.3) is 0 Å². The summed E-state index contributed by atoms with van der Waals surface area (Å²) in [7, 11) is 0. The van der Waals surface area contributed by atoms with Crippen LogP contribution in [0, 0.1) is 5.92 Å². The van der Waals surface area contributed by atoms with E-state index in [4.69, 9.17) is 4.74 Å². The average molecular weight is 294 g/mol. The third kappa shape index (κ3) is 4.21. The first-order valence-electron chi connectivity index (χ1n) is 6.45. The molecule has 0 bridgehead atoms. The van der Waals surface area contributed by atoms with Gasteiger partial charge in [0.15, 0.2) is 0 Å². The van der Waals surface area contributed by atoms with Crippen LogP contribution in [0.5, 0.6) is 5.75 Å². The van der Waals surface area contributed by atoms with Crippen LogP contribution in [-0.2, 0) is 4.74 Å². The molecule has 0 atom stereocenters. The van der Waals surface area contributed by atoms with Crippen molar-refractivity contribution in [3.63, 3.8) is 0 Å². The molecule has 0 saturated carbocycles. The molecule has 108 valence electrons. The van der Waals surface area contributed by atoms with Crippen molar-refractivity contribution < 1.29 is 9.84 Å². The topological polar surface area (TPSA) is 73.1 Å². The maximum absolute atomic E-state index is 9.29. The van der Waals surface area contributed by atoms with E-state index in [9.17, 15) is 5.11 Å². The second-order valence-corrected chi connectivity index (χ2v) is 5.77. The van der Waals surface area contributed by atoms with Gasteiger partial charge < -0.3 is 9.84 Å². The minimum absolute atomic E-state index is 0.220. The molecule has 2 rings (SSSR count). The van der Waals surface area contributed by atoms with E-state index < -0.39 is 0 Å². The molecule has 0 unspecified atom stereocenters. The number of phenols is 1. The van der Waals surface area contributed by atoms with E-state index in [1.54, 1.807) is 40.7 Å². The van der Waals surface area contributed by atoms with Gasteiger partial charge in [0.1, 0.15) is 5.75 Å². The van der Waals surface area contributed by atoms with Gasteiger partial charge in [-0.15, -0.1) is 5.10 Å². The van der Waals surface area contributed by atoms with Gasteiger partial charge in [-0.25, -0.2) is 0 Å². The van der Waals surface area contributed by atoms with Gasteiger partial charge >= 0.3 is 0 Å². The summed E-state index contributed by atoms with van der Waals surface area (Å²) in [6.07, 6.45) is 0. The van der Waals surface area contributed by atoms with Crippen molar-refractivity contribution in [3.8, 4) is 11.4 Å². The molecule has 7 heteroatoms. The Morgan fingerprint density at radius 3 is 2.75 bits per heavy atom. The third-order valence-electron chi connectivity index (χ3n) is 2.45. The molecule has 0 fully saturated rings. The minimum atomic E-state index is 0.220. The molecule has 1 heterocycles. The first-order valence-corrected chi connectivity index (χ1v) is 7.43. The molecular formula is C13H18N4O2S. The van der Waals surface area contributed by atoms with E-state index in [1.165, 1.54) is 0 Å². The molecule has 1 aromatic heterocycles. The van der Waals surface area contributed by atoms with Crippen LogP contribution in [0.2, 0.25) is 0 Å². The van der Waals surface area contributed by atoms with E-state index in [0.717, 1.165) is 18.0 Å². The number of hydrogen-bond acceptors (Lipinski definition) is 6. The molecule has 1 N–H and O–H groups in total. The number of tetrazole rings is 1. The maximum Gasteiger partial charge on any atom is 0.214 e. The van der Waals surface area contributed by atoms with Gasteiger partial charge in [-0.1, -0.05) is 25.6 Å². The fourth-order valence-electron chi connectivity index (χ4n) is 1.54. The number of benzene rings is 1. The molecule has 0 aliphatic rings. The van der Waals surface area contributed by atoms with Crippen molar-refractivity contribution >= 4 is 11.8 Å². The summed E-state index contributed by atoms with van der Waals surface area (Å²) in [5.74, 6) is 1.56. The molecule has 1 aromatic carbocycles. The lowest BCUT2D eigenvalue weighted by atomic mass is 10.2. The first kappa shape index (κ1) is 14.8. The standard InChI is InChI=1S/C13H18N4O2S/c1-10(2)9-19-7-8-20-13-14-15-16-17(13)11-3-5-12(18)6-4-11/h3-6,10,18H,7-9H2,1-2H3. The highest BCUT2D eigenvalue weighted by atomic mass is 32.2. The Morgan fingerprint density at radius 1 is 1.30 bits per heavy atom. The van der Waals surface area contributed by atoms with Crippen LogP contribution in [0.15, 0.2) is 29.4 Å². The van der Waals surface area contributed by atoms with Gasteiger partial charge in [0.05, 0.1) is 12.3 Å². The van der Waals surface area contributed by atoms with E-state index in [2.05, 4.69) is 29.4 Å². The summed E-state index contributed by atoms with van der Waals surface area (Å²) in [4.78, 5) is 0. The Labute approximate surface area is 122 Å². The molecule has 2 aromatic rings. The summed E-state index contributed by atoms with van der Waals surface area (Å²) in [5, 5.41) is 21.6. The minimum Gasteiger partial charge on any atom is -0.508 e. The van der Waals surface area contributed by atoms with Gasteiger partial charge in [-0.05, 0) is 40.6 Å². The molecule has 0 aliphatic carbocycles. The normalized spacial score (nSPS) is 11.2. The number of aromatic nitrogens is 4. The molecule has 0 aliphatic heterocycles. The molecule has 0 radical (unpaired) electrons. The number of aromatic hydroxyl groups is 1. The summed E-state index contributed by atoms with van der Waals surface area (Å²) in [6, 6.07) is 6.75. The van der Waals surface area contributed by atoms with Crippen molar-refractivity contribution in [1.29, 1.82) is 0 Å². The van der Waals surface area contributed by atoms with Crippen molar-refractivity contribution in [2.24, 2.45) is 5.92 Å². The lowest BCUT2D eigenvalue weighted by Gasteiger charge is -2.06. The average Bonchev–Trinajstić information content (AvgIpc) is 2.87. The second-order valence-electron chi connectivity index (χ2n) is 4.71. The number of phenolic OH excluding ortho intramolecular Hbond substituents is 1.